The molecule has 0 unspecified atom stereocenters. The van der Waals surface area contributed by atoms with Crippen molar-refractivity contribution in [2.75, 3.05) is 5.32 Å². The van der Waals surface area contributed by atoms with Crippen LogP contribution in [0.4, 0.5) is 5.69 Å². The molecule has 3 aromatic rings. The molecule has 3 atom stereocenters. The molecular formula is C22H20N2O2S2. The van der Waals surface area contributed by atoms with E-state index in [9.17, 15) is 8.42 Å². The van der Waals surface area contributed by atoms with E-state index in [1.54, 1.807) is 12.1 Å². The number of sulfonamides is 1. The highest BCUT2D eigenvalue weighted by atomic mass is 32.2. The maximum absolute atomic E-state index is 11.8. The maximum atomic E-state index is 11.8. The molecule has 0 fully saturated rings. The zero-order valence-electron chi connectivity index (χ0n) is 15.1. The average Bonchev–Trinajstić information content (AvgIpc) is 3.37. The van der Waals surface area contributed by atoms with Gasteiger partial charge in [0.15, 0.2) is 0 Å². The maximum Gasteiger partial charge on any atom is 0.238 e. The Bertz CT molecular complexity index is 1170. The Balaban J connectivity index is 1.53. The molecule has 6 heteroatoms. The van der Waals surface area contributed by atoms with Gasteiger partial charge in [0.2, 0.25) is 10.0 Å². The standard InChI is InChI=1S/C22H20N2O2S2/c23-28(25,26)15-9-10-19-18(13-15)16-7-4-8-17(16)22(24-19)21-12-11-20(27-21)14-5-2-1-3-6-14/h1-7,9-13,16-17,22,24H,8H2,(H2,23,25,26)/t16-,17+,22+/m0/s1. The summed E-state index contributed by atoms with van der Waals surface area (Å²) in [7, 11) is -3.71. The zero-order valence-corrected chi connectivity index (χ0v) is 16.7. The first kappa shape index (κ1) is 17.7. The topological polar surface area (TPSA) is 72.2 Å². The van der Waals surface area contributed by atoms with Crippen LogP contribution in [0.3, 0.4) is 0 Å². The third-order valence-electron chi connectivity index (χ3n) is 5.65. The van der Waals surface area contributed by atoms with Gasteiger partial charge in [-0.1, -0.05) is 42.5 Å². The number of nitrogens with two attached hydrogens (primary N) is 1. The summed E-state index contributed by atoms with van der Waals surface area (Å²) in [4.78, 5) is 2.74. The van der Waals surface area contributed by atoms with E-state index in [-0.39, 0.29) is 16.9 Å². The van der Waals surface area contributed by atoms with Crippen molar-refractivity contribution < 1.29 is 8.42 Å². The predicted octanol–water partition coefficient (Wildman–Crippen LogP) is 4.89. The van der Waals surface area contributed by atoms with Crippen LogP contribution in [0.15, 0.2) is 77.7 Å². The molecule has 2 heterocycles. The summed E-state index contributed by atoms with van der Waals surface area (Å²) < 4.78 is 23.6. The molecule has 1 aliphatic heterocycles. The van der Waals surface area contributed by atoms with E-state index >= 15 is 0 Å². The van der Waals surface area contributed by atoms with E-state index in [0.29, 0.717) is 5.92 Å². The van der Waals surface area contributed by atoms with Crippen LogP contribution in [0.5, 0.6) is 0 Å². The monoisotopic (exact) mass is 408 g/mol. The number of rotatable bonds is 3. The molecule has 142 valence electrons. The first-order chi connectivity index (χ1) is 13.5. The van der Waals surface area contributed by atoms with Crippen LogP contribution in [0, 0.1) is 5.92 Å². The molecule has 28 heavy (non-hydrogen) atoms. The molecular weight excluding hydrogens is 388 g/mol. The van der Waals surface area contributed by atoms with Gasteiger partial charge in [-0.3, -0.25) is 0 Å². The molecule has 3 N–H and O–H groups in total. The van der Waals surface area contributed by atoms with Gasteiger partial charge in [-0.2, -0.15) is 0 Å². The largest absolute Gasteiger partial charge is 0.377 e. The van der Waals surface area contributed by atoms with Gasteiger partial charge in [-0.05, 0) is 53.8 Å². The zero-order chi connectivity index (χ0) is 19.3. The Kier molecular flexibility index (Phi) is 4.16. The van der Waals surface area contributed by atoms with Gasteiger partial charge in [0.1, 0.15) is 0 Å². The highest BCUT2D eigenvalue weighted by Crippen LogP contribution is 2.51. The lowest BCUT2D eigenvalue weighted by Crippen LogP contribution is -2.28. The van der Waals surface area contributed by atoms with E-state index in [1.807, 2.05) is 23.5 Å². The Morgan fingerprint density at radius 1 is 1.04 bits per heavy atom. The Hall–Kier alpha value is -2.41. The molecule has 0 radical (unpaired) electrons. The number of thiophene rings is 1. The summed E-state index contributed by atoms with van der Waals surface area (Å²) in [6, 6.07) is 20.2. The van der Waals surface area contributed by atoms with Crippen LogP contribution in [-0.2, 0) is 10.0 Å². The number of fused-ring (bicyclic) bond motifs is 3. The van der Waals surface area contributed by atoms with Crippen molar-refractivity contribution in [3.63, 3.8) is 0 Å². The fourth-order valence-corrected chi connectivity index (χ4v) is 6.00. The van der Waals surface area contributed by atoms with E-state index in [4.69, 9.17) is 5.14 Å². The SMILES string of the molecule is NS(=O)(=O)c1ccc2c(c1)[C@H]1C=CC[C@H]1[C@H](c1ccc(-c3ccccc3)s1)N2. The molecule has 4 nitrogen and oxygen atoms in total. The third kappa shape index (κ3) is 2.98. The Labute approximate surface area is 168 Å². The molecule has 1 aliphatic carbocycles. The first-order valence-corrected chi connectivity index (χ1v) is 11.6. The number of hydrogen-bond donors (Lipinski definition) is 2. The lowest BCUT2D eigenvalue weighted by Gasteiger charge is -2.37. The van der Waals surface area contributed by atoms with Crippen LogP contribution in [0.1, 0.15) is 28.8 Å². The number of benzene rings is 2. The van der Waals surface area contributed by atoms with Gasteiger partial charge in [0.25, 0.3) is 0 Å². The van der Waals surface area contributed by atoms with Gasteiger partial charge < -0.3 is 5.32 Å². The predicted molar refractivity (Wildman–Crippen MR) is 114 cm³/mol. The van der Waals surface area contributed by atoms with Crippen molar-refractivity contribution in [2.45, 2.75) is 23.3 Å². The summed E-state index contributed by atoms with van der Waals surface area (Å²) in [5.41, 5.74) is 3.23. The summed E-state index contributed by atoms with van der Waals surface area (Å²) in [5, 5.41) is 9.00. The van der Waals surface area contributed by atoms with E-state index in [1.165, 1.54) is 15.3 Å². The van der Waals surface area contributed by atoms with Crippen LogP contribution in [0.2, 0.25) is 0 Å². The van der Waals surface area contributed by atoms with E-state index in [2.05, 4.69) is 53.9 Å². The summed E-state index contributed by atoms with van der Waals surface area (Å²) in [6.45, 7) is 0. The fraction of sp³-hybridized carbons (Fsp3) is 0.182. The lowest BCUT2D eigenvalue weighted by molar-refractivity contribution is 0.429. The van der Waals surface area contributed by atoms with Crippen LogP contribution in [0.25, 0.3) is 10.4 Å². The highest BCUT2D eigenvalue weighted by molar-refractivity contribution is 7.89. The molecule has 0 amide bonds. The third-order valence-corrected chi connectivity index (χ3v) is 7.78. The second-order valence-corrected chi connectivity index (χ2v) is 10.0. The molecule has 0 spiro atoms. The number of allylic oxidation sites excluding steroid dienone is 2. The van der Waals surface area contributed by atoms with Gasteiger partial charge in [0.05, 0.1) is 10.9 Å². The van der Waals surface area contributed by atoms with Crippen molar-refractivity contribution in [1.29, 1.82) is 0 Å². The summed E-state index contributed by atoms with van der Waals surface area (Å²) >= 11 is 1.82. The molecule has 2 aromatic carbocycles. The lowest BCUT2D eigenvalue weighted by atomic mass is 9.79. The van der Waals surface area contributed by atoms with Crippen LogP contribution in [-0.4, -0.2) is 8.42 Å². The number of hydrogen-bond acceptors (Lipinski definition) is 4. The quantitative estimate of drug-likeness (QED) is 0.606. The fourth-order valence-electron chi connectivity index (χ4n) is 4.31. The highest BCUT2D eigenvalue weighted by Gasteiger charge is 2.38. The van der Waals surface area contributed by atoms with Crippen LogP contribution < -0.4 is 10.5 Å². The molecule has 0 saturated heterocycles. The second kappa shape index (κ2) is 6.58. The van der Waals surface area contributed by atoms with Crippen LogP contribution >= 0.6 is 11.3 Å². The van der Waals surface area contributed by atoms with Gasteiger partial charge in [-0.15, -0.1) is 11.3 Å². The molecule has 0 saturated carbocycles. The first-order valence-electron chi connectivity index (χ1n) is 9.26. The number of nitrogens with one attached hydrogen (secondary N) is 1. The van der Waals surface area contributed by atoms with Crippen molar-refractivity contribution in [2.24, 2.45) is 11.1 Å². The number of anilines is 1. The summed E-state index contributed by atoms with van der Waals surface area (Å²) in [5.74, 6) is 0.565. The number of primary sulfonamides is 1. The molecule has 2 aliphatic rings. The molecule has 0 bridgehead atoms. The minimum Gasteiger partial charge on any atom is -0.377 e. The van der Waals surface area contributed by atoms with Crippen molar-refractivity contribution >= 4 is 27.0 Å². The Morgan fingerprint density at radius 3 is 2.64 bits per heavy atom. The molecule has 1 aromatic heterocycles. The minimum atomic E-state index is -3.71. The average molecular weight is 409 g/mol. The minimum absolute atomic E-state index is 0.174. The smallest absolute Gasteiger partial charge is 0.238 e. The van der Waals surface area contributed by atoms with E-state index in [0.717, 1.165) is 17.7 Å². The second-order valence-electron chi connectivity index (χ2n) is 7.34. The Morgan fingerprint density at radius 2 is 1.86 bits per heavy atom. The van der Waals surface area contributed by atoms with Crippen molar-refractivity contribution in [3.8, 4) is 10.4 Å². The van der Waals surface area contributed by atoms with Gasteiger partial charge in [-0.25, -0.2) is 13.6 Å². The summed E-state index contributed by atoms with van der Waals surface area (Å²) in [6.07, 6.45) is 5.38. The molecule has 5 rings (SSSR count). The normalized spacial score (nSPS) is 23.1. The van der Waals surface area contributed by atoms with Gasteiger partial charge >= 0.3 is 0 Å². The van der Waals surface area contributed by atoms with Crippen molar-refractivity contribution in [1.82, 2.24) is 0 Å². The van der Waals surface area contributed by atoms with E-state index < -0.39 is 10.0 Å². The van der Waals surface area contributed by atoms with Crippen molar-refractivity contribution in [3.05, 3.63) is 83.3 Å². The van der Waals surface area contributed by atoms with Gasteiger partial charge in [0, 0.05) is 21.4 Å².